The van der Waals surface area contributed by atoms with Crippen molar-refractivity contribution in [1.82, 2.24) is 4.90 Å². The summed E-state index contributed by atoms with van der Waals surface area (Å²) < 4.78 is 26.3. The minimum absolute atomic E-state index is 0.0593. The summed E-state index contributed by atoms with van der Waals surface area (Å²) >= 11 is 0. The third-order valence-corrected chi connectivity index (χ3v) is 5.17. The Morgan fingerprint density at radius 3 is 2.81 bits per heavy atom. The van der Waals surface area contributed by atoms with Crippen LogP contribution in [0.4, 0.5) is 8.78 Å². The van der Waals surface area contributed by atoms with Gasteiger partial charge in [-0.25, -0.2) is 8.78 Å². The number of aryl methyl sites for hydroxylation is 1. The van der Waals surface area contributed by atoms with Gasteiger partial charge in [-0.1, -0.05) is 12.1 Å². The normalized spacial score (nSPS) is 17.3. The summed E-state index contributed by atoms with van der Waals surface area (Å²) in [5.74, 6) is -1.25. The van der Waals surface area contributed by atoms with Crippen molar-refractivity contribution in [1.29, 1.82) is 0 Å². The summed E-state index contributed by atoms with van der Waals surface area (Å²) in [5.41, 5.74) is 1.91. The van der Waals surface area contributed by atoms with E-state index in [1.165, 1.54) is 6.07 Å². The number of benzene rings is 2. The molecular weight excluding hydrogens is 336 g/mol. The van der Waals surface area contributed by atoms with E-state index in [1.807, 2.05) is 4.90 Å². The number of hydrogen-bond donors (Lipinski definition) is 1. The van der Waals surface area contributed by atoms with E-state index < -0.39 is 11.6 Å². The van der Waals surface area contributed by atoms with Crippen LogP contribution in [0.5, 0.6) is 5.75 Å². The molecular formula is C21H23F2NO2. The molecule has 1 amide bonds. The number of aromatic hydroxyl groups is 1. The summed E-state index contributed by atoms with van der Waals surface area (Å²) in [6, 6.07) is 9.01. The van der Waals surface area contributed by atoms with Gasteiger partial charge < -0.3 is 10.0 Å². The van der Waals surface area contributed by atoms with E-state index >= 15 is 0 Å². The largest absolute Gasteiger partial charge is 0.508 e. The molecule has 0 spiro atoms. The highest BCUT2D eigenvalue weighted by atomic mass is 19.2. The number of rotatable bonds is 4. The third-order valence-electron chi connectivity index (χ3n) is 5.17. The molecule has 0 aromatic heterocycles. The number of nitrogens with zero attached hydrogens (tertiary/aromatic N) is 1. The smallest absolute Gasteiger partial charge is 0.254 e. The Balaban J connectivity index is 1.62. The van der Waals surface area contributed by atoms with Crippen LogP contribution in [-0.2, 0) is 6.42 Å². The monoisotopic (exact) mass is 359 g/mol. The molecule has 1 aliphatic heterocycles. The van der Waals surface area contributed by atoms with Crippen LogP contribution in [0.15, 0.2) is 36.4 Å². The van der Waals surface area contributed by atoms with Gasteiger partial charge in [0.25, 0.3) is 5.91 Å². The second kappa shape index (κ2) is 7.85. The highest BCUT2D eigenvalue weighted by molar-refractivity contribution is 5.96. The zero-order chi connectivity index (χ0) is 18.7. The molecule has 2 aromatic carbocycles. The Bertz CT molecular complexity index is 807. The molecule has 1 aliphatic rings. The topological polar surface area (TPSA) is 40.5 Å². The molecule has 1 fully saturated rings. The van der Waals surface area contributed by atoms with Gasteiger partial charge in [0.1, 0.15) is 5.75 Å². The van der Waals surface area contributed by atoms with Crippen LogP contribution in [0.1, 0.15) is 40.7 Å². The van der Waals surface area contributed by atoms with Crippen molar-refractivity contribution >= 4 is 5.91 Å². The van der Waals surface area contributed by atoms with Crippen LogP contribution in [0.2, 0.25) is 0 Å². The van der Waals surface area contributed by atoms with Gasteiger partial charge in [-0.05, 0) is 68.4 Å². The van der Waals surface area contributed by atoms with Crippen LogP contribution in [-0.4, -0.2) is 29.0 Å². The molecule has 0 saturated carbocycles. The first-order valence-corrected chi connectivity index (χ1v) is 8.97. The Morgan fingerprint density at radius 2 is 2.04 bits per heavy atom. The fraction of sp³-hybridized carbons (Fsp3) is 0.381. The lowest BCUT2D eigenvalue weighted by Gasteiger charge is -2.33. The summed E-state index contributed by atoms with van der Waals surface area (Å²) in [7, 11) is 0. The second-order valence-electron chi connectivity index (χ2n) is 7.00. The second-order valence-corrected chi connectivity index (χ2v) is 7.00. The molecule has 0 aliphatic carbocycles. The maximum absolute atomic E-state index is 13.3. The maximum atomic E-state index is 13.3. The lowest BCUT2D eigenvalue weighted by Crippen LogP contribution is -2.40. The van der Waals surface area contributed by atoms with Gasteiger partial charge >= 0.3 is 0 Å². The highest BCUT2D eigenvalue weighted by Gasteiger charge is 2.25. The molecule has 1 unspecified atom stereocenters. The van der Waals surface area contributed by atoms with Gasteiger partial charge in [-0.15, -0.1) is 0 Å². The van der Waals surface area contributed by atoms with E-state index in [2.05, 4.69) is 0 Å². The quantitative estimate of drug-likeness (QED) is 0.875. The third kappa shape index (κ3) is 4.03. The molecule has 1 N–H and O–H groups in total. The lowest BCUT2D eigenvalue weighted by molar-refractivity contribution is 0.0667. The fourth-order valence-corrected chi connectivity index (χ4v) is 3.58. The predicted molar refractivity (Wildman–Crippen MR) is 96.2 cm³/mol. The summed E-state index contributed by atoms with van der Waals surface area (Å²) in [5, 5.41) is 9.82. The molecule has 3 rings (SSSR count). The zero-order valence-electron chi connectivity index (χ0n) is 14.8. The molecule has 0 radical (unpaired) electrons. The van der Waals surface area contributed by atoms with Gasteiger partial charge in [0.05, 0.1) is 0 Å². The van der Waals surface area contributed by atoms with Crippen LogP contribution in [0, 0.1) is 24.5 Å². The van der Waals surface area contributed by atoms with Crippen LogP contribution < -0.4 is 0 Å². The van der Waals surface area contributed by atoms with E-state index in [9.17, 15) is 18.7 Å². The Labute approximate surface area is 152 Å². The van der Waals surface area contributed by atoms with Gasteiger partial charge in [0.15, 0.2) is 11.6 Å². The van der Waals surface area contributed by atoms with Gasteiger partial charge in [-0.3, -0.25) is 4.79 Å². The number of phenols is 1. The van der Waals surface area contributed by atoms with Crippen LogP contribution in [0.3, 0.4) is 0 Å². The van der Waals surface area contributed by atoms with Crippen molar-refractivity contribution in [2.24, 2.45) is 5.92 Å². The number of phenolic OH excluding ortho intramolecular Hbond substituents is 1. The number of hydrogen-bond acceptors (Lipinski definition) is 2. The molecule has 0 bridgehead atoms. The van der Waals surface area contributed by atoms with Crippen molar-refractivity contribution in [2.45, 2.75) is 32.6 Å². The number of carbonyl (C=O) groups excluding carboxylic acids is 1. The summed E-state index contributed by atoms with van der Waals surface area (Å²) in [4.78, 5) is 14.6. The molecule has 1 saturated heterocycles. The average Bonchev–Trinajstić information content (AvgIpc) is 2.64. The molecule has 5 heteroatoms. The van der Waals surface area contributed by atoms with Crippen molar-refractivity contribution < 1.29 is 18.7 Å². The first-order chi connectivity index (χ1) is 12.5. The summed E-state index contributed by atoms with van der Waals surface area (Å²) in [6.45, 7) is 3.10. The van der Waals surface area contributed by atoms with Gasteiger partial charge in [-0.2, -0.15) is 0 Å². The van der Waals surface area contributed by atoms with E-state index in [1.54, 1.807) is 31.2 Å². The maximum Gasteiger partial charge on any atom is 0.254 e. The molecule has 2 aromatic rings. The zero-order valence-corrected chi connectivity index (χ0v) is 14.8. The van der Waals surface area contributed by atoms with E-state index in [4.69, 9.17) is 0 Å². The number of carbonyl (C=O) groups is 1. The molecule has 3 nitrogen and oxygen atoms in total. The Hall–Kier alpha value is -2.43. The van der Waals surface area contributed by atoms with Crippen LogP contribution >= 0.6 is 0 Å². The Kier molecular flexibility index (Phi) is 5.55. The number of likely N-dealkylation sites (tertiary alicyclic amines) is 1. The van der Waals surface area contributed by atoms with Crippen LogP contribution in [0.25, 0.3) is 0 Å². The first kappa shape index (κ1) is 18.4. The van der Waals surface area contributed by atoms with Crippen molar-refractivity contribution in [3.8, 4) is 5.75 Å². The Morgan fingerprint density at radius 1 is 1.23 bits per heavy atom. The lowest BCUT2D eigenvalue weighted by atomic mass is 9.91. The molecule has 26 heavy (non-hydrogen) atoms. The number of piperidine rings is 1. The fourth-order valence-electron chi connectivity index (χ4n) is 3.58. The summed E-state index contributed by atoms with van der Waals surface area (Å²) in [6.07, 6.45) is 3.43. The highest BCUT2D eigenvalue weighted by Crippen LogP contribution is 2.26. The number of halogens is 2. The average molecular weight is 359 g/mol. The van der Waals surface area contributed by atoms with Crippen molar-refractivity contribution in [3.63, 3.8) is 0 Å². The van der Waals surface area contributed by atoms with Gasteiger partial charge in [0.2, 0.25) is 0 Å². The molecule has 138 valence electrons. The SMILES string of the molecule is Cc1c(O)cccc1C(=O)N1CCCC(CCc2ccc(F)c(F)c2)C1. The van der Waals surface area contributed by atoms with E-state index in [0.29, 0.717) is 36.6 Å². The van der Waals surface area contributed by atoms with E-state index in [-0.39, 0.29) is 11.7 Å². The minimum atomic E-state index is -0.829. The molecule has 1 atom stereocenters. The van der Waals surface area contributed by atoms with Crippen molar-refractivity contribution in [2.75, 3.05) is 13.1 Å². The van der Waals surface area contributed by atoms with Gasteiger partial charge in [0, 0.05) is 24.2 Å². The molecule has 1 heterocycles. The first-order valence-electron chi connectivity index (χ1n) is 8.97. The standard InChI is InChI=1S/C21H23F2NO2/c1-14-17(5-2-6-20(14)25)21(26)24-11-3-4-16(13-24)8-7-15-9-10-18(22)19(23)12-15/h2,5-6,9-10,12,16,25H,3-4,7-8,11,13H2,1H3. The number of amides is 1. The van der Waals surface area contributed by atoms with Crippen molar-refractivity contribution in [3.05, 3.63) is 64.7 Å². The predicted octanol–water partition coefficient (Wildman–Crippen LogP) is 4.46. The minimum Gasteiger partial charge on any atom is -0.508 e. The van der Waals surface area contributed by atoms with E-state index in [0.717, 1.165) is 30.9 Å².